The van der Waals surface area contributed by atoms with E-state index >= 15 is 0 Å². The molecule has 0 bridgehead atoms. The van der Waals surface area contributed by atoms with Crippen LogP contribution in [-0.4, -0.2) is 26.0 Å². The van der Waals surface area contributed by atoms with Gasteiger partial charge in [-0.2, -0.15) is 0 Å². The Morgan fingerprint density at radius 1 is 1.15 bits per heavy atom. The molecule has 8 heteroatoms. The fraction of sp³-hybridized carbons (Fsp3) is 0. The van der Waals surface area contributed by atoms with Crippen LogP contribution in [0.3, 0.4) is 0 Å². The van der Waals surface area contributed by atoms with Gasteiger partial charge < -0.3 is 15.4 Å². The normalized spacial score (nSPS) is 10.9. The molecule has 3 N–H and O–H groups in total. The van der Waals surface area contributed by atoms with Gasteiger partial charge in [0.05, 0.1) is 34.4 Å². The van der Waals surface area contributed by atoms with E-state index in [1.165, 1.54) is 30.5 Å². The highest BCUT2D eigenvalue weighted by Gasteiger charge is 2.10. The second-order valence-electron chi connectivity index (χ2n) is 5.83. The Bertz CT molecular complexity index is 1180. The summed E-state index contributed by atoms with van der Waals surface area (Å²) in [6, 6.07) is 10.6. The van der Waals surface area contributed by atoms with Gasteiger partial charge in [0.25, 0.3) is 0 Å². The number of carboxylic acid groups (broad SMARTS) is 1. The molecule has 0 unspecified atom stereocenters. The van der Waals surface area contributed by atoms with Gasteiger partial charge in [-0.15, -0.1) is 0 Å². The number of benzene rings is 2. The number of aromatic nitrogens is 3. The highest BCUT2D eigenvalue weighted by atomic mass is 35.5. The van der Waals surface area contributed by atoms with Crippen LogP contribution in [0.5, 0.6) is 0 Å². The number of aromatic carboxylic acids is 1. The fourth-order valence-corrected chi connectivity index (χ4v) is 2.91. The molecule has 4 aromatic rings. The van der Waals surface area contributed by atoms with Crippen LogP contribution in [0.2, 0.25) is 5.02 Å². The van der Waals surface area contributed by atoms with Crippen LogP contribution in [0.15, 0.2) is 54.9 Å². The lowest BCUT2D eigenvalue weighted by atomic mass is 10.2. The molecule has 0 aliphatic heterocycles. The molecule has 0 saturated heterocycles. The maximum absolute atomic E-state index is 13.4. The second kappa shape index (κ2) is 6.69. The van der Waals surface area contributed by atoms with Crippen molar-refractivity contribution in [3.05, 3.63) is 71.3 Å². The van der Waals surface area contributed by atoms with Crippen LogP contribution in [-0.2, 0) is 0 Å². The van der Waals surface area contributed by atoms with Crippen molar-refractivity contribution in [2.24, 2.45) is 0 Å². The minimum Gasteiger partial charge on any atom is -0.478 e. The minimum absolute atomic E-state index is 0.0932. The number of nitrogens with zero attached hydrogens (tertiary/aromatic N) is 2. The molecule has 2 heterocycles. The lowest BCUT2D eigenvalue weighted by Crippen LogP contribution is -2.00. The first-order valence-corrected chi connectivity index (χ1v) is 8.28. The Balaban J connectivity index is 1.65. The Hall–Kier alpha value is -3.45. The van der Waals surface area contributed by atoms with Crippen LogP contribution in [0, 0.1) is 5.82 Å². The van der Waals surface area contributed by atoms with Gasteiger partial charge in [0, 0.05) is 10.9 Å². The van der Waals surface area contributed by atoms with E-state index in [0.29, 0.717) is 22.9 Å². The molecule has 0 aliphatic rings. The molecule has 0 aliphatic carbocycles. The predicted octanol–water partition coefficient (Wildman–Crippen LogP) is 4.86. The van der Waals surface area contributed by atoms with Crippen LogP contribution in [0.25, 0.3) is 22.3 Å². The molecule has 2 aromatic carbocycles. The van der Waals surface area contributed by atoms with Crippen LogP contribution < -0.4 is 5.32 Å². The second-order valence-corrected chi connectivity index (χ2v) is 6.24. The van der Waals surface area contributed by atoms with Gasteiger partial charge in [0.15, 0.2) is 0 Å². The number of hydrogen-bond donors (Lipinski definition) is 3. The van der Waals surface area contributed by atoms with E-state index < -0.39 is 5.97 Å². The first kappa shape index (κ1) is 17.0. The van der Waals surface area contributed by atoms with Gasteiger partial charge in [-0.3, -0.25) is 4.98 Å². The molecule has 0 fully saturated rings. The van der Waals surface area contributed by atoms with Crippen molar-refractivity contribution in [2.45, 2.75) is 0 Å². The lowest BCUT2D eigenvalue weighted by molar-refractivity contribution is 0.0697. The SMILES string of the molecule is O=C(O)c1ccc(Nc2cncc(-c3cc4cc(F)ccc4[nH]3)n2)c(Cl)c1. The van der Waals surface area contributed by atoms with Crippen molar-refractivity contribution >= 4 is 40.0 Å². The van der Waals surface area contributed by atoms with Gasteiger partial charge in [-0.25, -0.2) is 14.2 Å². The summed E-state index contributed by atoms with van der Waals surface area (Å²) in [5.74, 6) is -0.934. The van der Waals surface area contributed by atoms with Gasteiger partial charge in [-0.05, 0) is 42.5 Å². The Morgan fingerprint density at radius 2 is 2.00 bits per heavy atom. The molecule has 0 spiro atoms. The zero-order chi connectivity index (χ0) is 19.0. The number of H-pyrrole nitrogens is 1. The largest absolute Gasteiger partial charge is 0.478 e. The molecule has 27 heavy (non-hydrogen) atoms. The van der Waals surface area contributed by atoms with E-state index in [2.05, 4.69) is 20.3 Å². The van der Waals surface area contributed by atoms with Crippen molar-refractivity contribution in [1.82, 2.24) is 15.0 Å². The van der Waals surface area contributed by atoms with Crippen LogP contribution >= 0.6 is 11.6 Å². The highest BCUT2D eigenvalue weighted by Crippen LogP contribution is 2.27. The average molecular weight is 383 g/mol. The molecular formula is C19H12ClFN4O2. The maximum Gasteiger partial charge on any atom is 0.335 e. The zero-order valence-corrected chi connectivity index (χ0v) is 14.5. The minimum atomic E-state index is -1.06. The van der Waals surface area contributed by atoms with E-state index in [9.17, 15) is 9.18 Å². The number of halogens is 2. The number of nitrogens with one attached hydrogen (secondary N) is 2. The number of carbonyl (C=O) groups is 1. The molecule has 4 rings (SSSR count). The van der Waals surface area contributed by atoms with Crippen molar-refractivity contribution in [1.29, 1.82) is 0 Å². The highest BCUT2D eigenvalue weighted by molar-refractivity contribution is 6.33. The van der Waals surface area contributed by atoms with Crippen molar-refractivity contribution in [3.8, 4) is 11.4 Å². The molecular weight excluding hydrogens is 371 g/mol. The summed E-state index contributed by atoms with van der Waals surface area (Å²) < 4.78 is 13.4. The monoisotopic (exact) mass is 382 g/mol. The number of rotatable bonds is 4. The number of anilines is 2. The average Bonchev–Trinajstić information content (AvgIpc) is 3.06. The first-order valence-electron chi connectivity index (χ1n) is 7.90. The maximum atomic E-state index is 13.4. The van der Waals surface area contributed by atoms with E-state index in [4.69, 9.17) is 16.7 Å². The van der Waals surface area contributed by atoms with Gasteiger partial charge in [0.1, 0.15) is 17.3 Å². The first-order chi connectivity index (χ1) is 13.0. The Labute approximate surface area is 157 Å². The quantitative estimate of drug-likeness (QED) is 0.469. The standard InChI is InChI=1S/C19H12ClFN4O2/c20-13-6-10(19(26)27)1-3-15(13)24-18-9-22-8-17(25-18)16-7-11-5-12(21)2-4-14(11)23-16/h1-9,23H,(H,24,25)(H,26,27). The smallest absolute Gasteiger partial charge is 0.335 e. The molecule has 134 valence electrons. The molecule has 0 saturated carbocycles. The third-order valence-electron chi connectivity index (χ3n) is 3.97. The third kappa shape index (κ3) is 3.45. The van der Waals surface area contributed by atoms with Crippen molar-refractivity contribution in [3.63, 3.8) is 0 Å². The van der Waals surface area contributed by atoms with E-state index in [1.807, 2.05) is 0 Å². The van der Waals surface area contributed by atoms with Gasteiger partial charge >= 0.3 is 5.97 Å². The number of fused-ring (bicyclic) bond motifs is 1. The summed E-state index contributed by atoms with van der Waals surface area (Å²) in [5, 5.41) is 13.0. The number of aromatic amines is 1. The third-order valence-corrected chi connectivity index (χ3v) is 4.28. The summed E-state index contributed by atoms with van der Waals surface area (Å²) in [6.45, 7) is 0. The van der Waals surface area contributed by atoms with Gasteiger partial charge in [0.2, 0.25) is 0 Å². The molecule has 0 atom stereocenters. The number of hydrogen-bond acceptors (Lipinski definition) is 4. The predicted molar refractivity (Wildman–Crippen MR) is 101 cm³/mol. The topological polar surface area (TPSA) is 90.9 Å². The Morgan fingerprint density at radius 3 is 2.78 bits per heavy atom. The molecule has 2 aromatic heterocycles. The van der Waals surface area contributed by atoms with Crippen molar-refractivity contribution in [2.75, 3.05) is 5.32 Å². The lowest BCUT2D eigenvalue weighted by Gasteiger charge is -2.09. The molecule has 0 radical (unpaired) electrons. The molecule has 0 amide bonds. The van der Waals surface area contributed by atoms with Crippen molar-refractivity contribution < 1.29 is 14.3 Å². The van der Waals surface area contributed by atoms with E-state index in [1.54, 1.807) is 24.4 Å². The number of carboxylic acids is 1. The zero-order valence-electron chi connectivity index (χ0n) is 13.7. The summed E-state index contributed by atoms with van der Waals surface area (Å²) in [6.07, 6.45) is 3.11. The van der Waals surface area contributed by atoms with Gasteiger partial charge in [-0.1, -0.05) is 11.6 Å². The fourth-order valence-electron chi connectivity index (χ4n) is 2.68. The summed E-state index contributed by atoms with van der Waals surface area (Å²) in [5.41, 5.74) is 2.65. The Kier molecular flexibility index (Phi) is 4.21. The summed E-state index contributed by atoms with van der Waals surface area (Å²) in [7, 11) is 0. The van der Waals surface area contributed by atoms with Crippen LogP contribution in [0.1, 0.15) is 10.4 Å². The van der Waals surface area contributed by atoms with Crippen LogP contribution in [0.4, 0.5) is 15.9 Å². The molecule has 6 nitrogen and oxygen atoms in total. The van der Waals surface area contributed by atoms with E-state index in [-0.39, 0.29) is 16.4 Å². The van der Waals surface area contributed by atoms with E-state index in [0.717, 1.165) is 10.9 Å². The summed E-state index contributed by atoms with van der Waals surface area (Å²) in [4.78, 5) is 22.8. The summed E-state index contributed by atoms with van der Waals surface area (Å²) >= 11 is 6.13.